The van der Waals surface area contributed by atoms with E-state index in [9.17, 15) is 4.79 Å². The lowest BCUT2D eigenvalue weighted by atomic mass is 9.95. The molecule has 100 valence electrons. The number of hydrogen-bond acceptors (Lipinski definition) is 2. The topological polar surface area (TPSA) is 26.3 Å². The first kappa shape index (κ1) is 14.7. The van der Waals surface area contributed by atoms with E-state index in [0.717, 1.165) is 18.4 Å². The molecule has 0 amide bonds. The molecule has 18 heavy (non-hydrogen) atoms. The van der Waals surface area contributed by atoms with Crippen molar-refractivity contribution in [2.24, 2.45) is 11.8 Å². The second-order valence-corrected chi connectivity index (χ2v) is 5.22. The molecule has 0 saturated carbocycles. The van der Waals surface area contributed by atoms with E-state index in [0.29, 0.717) is 5.92 Å². The van der Waals surface area contributed by atoms with Crippen LogP contribution < -0.4 is 0 Å². The molecule has 0 fully saturated rings. The predicted octanol–water partition coefficient (Wildman–Crippen LogP) is 4.36. The van der Waals surface area contributed by atoms with Crippen LogP contribution in [0, 0.1) is 11.8 Å². The van der Waals surface area contributed by atoms with Crippen molar-refractivity contribution < 1.29 is 9.53 Å². The summed E-state index contributed by atoms with van der Waals surface area (Å²) in [6.45, 7) is 8.24. The van der Waals surface area contributed by atoms with Gasteiger partial charge in [0.15, 0.2) is 0 Å². The fourth-order valence-electron chi connectivity index (χ4n) is 2.06. The molecular weight excluding hydrogens is 224 g/mol. The summed E-state index contributed by atoms with van der Waals surface area (Å²) in [7, 11) is 0. The van der Waals surface area contributed by atoms with Crippen LogP contribution in [0.2, 0.25) is 0 Å². The van der Waals surface area contributed by atoms with Crippen molar-refractivity contribution in [3.63, 3.8) is 0 Å². The molecule has 2 nitrogen and oxygen atoms in total. The van der Waals surface area contributed by atoms with Crippen molar-refractivity contribution in [1.29, 1.82) is 0 Å². The second-order valence-electron chi connectivity index (χ2n) is 5.22. The molecule has 2 heteroatoms. The maximum Gasteiger partial charge on any atom is 0.309 e. The van der Waals surface area contributed by atoms with Crippen LogP contribution in [0.3, 0.4) is 0 Å². The first-order chi connectivity index (χ1) is 8.54. The van der Waals surface area contributed by atoms with E-state index in [1.807, 2.05) is 44.2 Å². The fourth-order valence-corrected chi connectivity index (χ4v) is 2.06. The predicted molar refractivity (Wildman–Crippen MR) is 74.2 cm³/mol. The smallest absolute Gasteiger partial charge is 0.309 e. The van der Waals surface area contributed by atoms with Crippen LogP contribution in [0.4, 0.5) is 0 Å². The molecule has 0 saturated heterocycles. The molecule has 2 unspecified atom stereocenters. The third-order valence-electron chi connectivity index (χ3n) is 3.14. The first-order valence-corrected chi connectivity index (χ1v) is 6.80. The zero-order chi connectivity index (χ0) is 13.5. The van der Waals surface area contributed by atoms with Crippen molar-refractivity contribution in [1.82, 2.24) is 0 Å². The van der Waals surface area contributed by atoms with Gasteiger partial charge in [-0.3, -0.25) is 4.79 Å². The Balaban J connectivity index is 2.58. The number of hydrogen-bond donors (Lipinski definition) is 0. The molecule has 0 aliphatic heterocycles. The lowest BCUT2D eigenvalue weighted by Gasteiger charge is -2.20. The fraction of sp³-hybridized carbons (Fsp3) is 0.562. The maximum atomic E-state index is 12.1. The lowest BCUT2D eigenvalue weighted by Crippen LogP contribution is -2.20. The monoisotopic (exact) mass is 248 g/mol. The zero-order valence-electron chi connectivity index (χ0n) is 11.8. The Bertz CT molecular complexity index is 357. The number of carbonyl (C=O) groups excluding carboxylic acids is 1. The average molecular weight is 248 g/mol. The Morgan fingerprint density at radius 2 is 1.78 bits per heavy atom. The number of rotatable bonds is 6. The second kappa shape index (κ2) is 7.20. The Labute approximate surface area is 110 Å². The number of benzene rings is 1. The van der Waals surface area contributed by atoms with Gasteiger partial charge in [0, 0.05) is 0 Å². The summed E-state index contributed by atoms with van der Waals surface area (Å²) in [4.78, 5) is 12.1. The van der Waals surface area contributed by atoms with E-state index in [2.05, 4.69) is 13.8 Å². The molecule has 0 radical (unpaired) electrons. The van der Waals surface area contributed by atoms with E-state index in [4.69, 9.17) is 4.74 Å². The third kappa shape index (κ3) is 4.52. The van der Waals surface area contributed by atoms with Gasteiger partial charge < -0.3 is 4.74 Å². The molecule has 0 aliphatic rings. The van der Waals surface area contributed by atoms with Crippen molar-refractivity contribution in [2.75, 3.05) is 0 Å². The standard InChI is InChI=1S/C16H24O2/c1-5-14(11-12(2)3)16(17)18-13(4)15-9-7-6-8-10-15/h6-10,12-14H,5,11H2,1-4H3. The van der Waals surface area contributed by atoms with E-state index >= 15 is 0 Å². The summed E-state index contributed by atoms with van der Waals surface area (Å²) >= 11 is 0. The highest BCUT2D eigenvalue weighted by atomic mass is 16.5. The Morgan fingerprint density at radius 3 is 2.28 bits per heavy atom. The Kier molecular flexibility index (Phi) is 5.90. The zero-order valence-corrected chi connectivity index (χ0v) is 11.8. The number of esters is 1. The highest BCUT2D eigenvalue weighted by Gasteiger charge is 2.21. The molecule has 0 aromatic heterocycles. The molecule has 0 aliphatic carbocycles. The summed E-state index contributed by atoms with van der Waals surface area (Å²) in [5.41, 5.74) is 1.05. The normalized spacial score (nSPS) is 14.3. The molecule has 0 spiro atoms. The van der Waals surface area contributed by atoms with Gasteiger partial charge in [-0.15, -0.1) is 0 Å². The SMILES string of the molecule is CCC(CC(C)C)C(=O)OC(C)c1ccccc1. The average Bonchev–Trinajstić information content (AvgIpc) is 2.36. The van der Waals surface area contributed by atoms with Crippen LogP contribution in [0.15, 0.2) is 30.3 Å². The summed E-state index contributed by atoms with van der Waals surface area (Å²) in [5.74, 6) is 0.480. The largest absolute Gasteiger partial charge is 0.458 e. The van der Waals surface area contributed by atoms with Gasteiger partial charge in [-0.1, -0.05) is 51.1 Å². The van der Waals surface area contributed by atoms with Gasteiger partial charge >= 0.3 is 5.97 Å². The van der Waals surface area contributed by atoms with Crippen molar-refractivity contribution in [2.45, 2.75) is 46.6 Å². The molecule has 1 aromatic carbocycles. The highest BCUT2D eigenvalue weighted by Crippen LogP contribution is 2.22. The number of ether oxygens (including phenoxy) is 1. The molecule has 0 heterocycles. The van der Waals surface area contributed by atoms with E-state index < -0.39 is 0 Å². The third-order valence-corrected chi connectivity index (χ3v) is 3.14. The van der Waals surface area contributed by atoms with Gasteiger partial charge in [0.2, 0.25) is 0 Å². The van der Waals surface area contributed by atoms with Crippen LogP contribution >= 0.6 is 0 Å². The van der Waals surface area contributed by atoms with Crippen LogP contribution in [0.5, 0.6) is 0 Å². The summed E-state index contributed by atoms with van der Waals surface area (Å²) in [6.07, 6.45) is 1.58. The van der Waals surface area contributed by atoms with Crippen molar-refractivity contribution in [3.05, 3.63) is 35.9 Å². The minimum atomic E-state index is -0.167. The molecule has 0 N–H and O–H groups in total. The molecule has 2 atom stereocenters. The van der Waals surface area contributed by atoms with Gasteiger partial charge in [-0.05, 0) is 31.2 Å². The van der Waals surface area contributed by atoms with Gasteiger partial charge in [0.25, 0.3) is 0 Å². The minimum absolute atomic E-state index is 0.0242. The molecule has 0 bridgehead atoms. The van der Waals surface area contributed by atoms with Crippen LogP contribution in [0.1, 0.15) is 52.2 Å². The number of carbonyl (C=O) groups is 1. The summed E-state index contributed by atoms with van der Waals surface area (Å²) in [6, 6.07) is 9.87. The molecular formula is C16H24O2. The van der Waals surface area contributed by atoms with Crippen LogP contribution in [-0.4, -0.2) is 5.97 Å². The first-order valence-electron chi connectivity index (χ1n) is 6.80. The van der Waals surface area contributed by atoms with Gasteiger partial charge in [0.1, 0.15) is 6.10 Å². The van der Waals surface area contributed by atoms with E-state index in [1.165, 1.54) is 0 Å². The van der Waals surface area contributed by atoms with Crippen LogP contribution in [0.25, 0.3) is 0 Å². The summed E-state index contributed by atoms with van der Waals surface area (Å²) < 4.78 is 5.55. The van der Waals surface area contributed by atoms with E-state index in [1.54, 1.807) is 0 Å². The highest BCUT2D eigenvalue weighted by molar-refractivity contribution is 5.72. The van der Waals surface area contributed by atoms with Gasteiger partial charge in [0.05, 0.1) is 5.92 Å². The minimum Gasteiger partial charge on any atom is -0.458 e. The van der Waals surface area contributed by atoms with Crippen LogP contribution in [-0.2, 0) is 9.53 Å². The molecule has 1 aromatic rings. The van der Waals surface area contributed by atoms with Crippen molar-refractivity contribution >= 4 is 5.97 Å². The maximum absolute atomic E-state index is 12.1. The molecule has 1 rings (SSSR count). The van der Waals surface area contributed by atoms with Gasteiger partial charge in [-0.2, -0.15) is 0 Å². The van der Waals surface area contributed by atoms with E-state index in [-0.39, 0.29) is 18.0 Å². The van der Waals surface area contributed by atoms with Gasteiger partial charge in [-0.25, -0.2) is 0 Å². The summed E-state index contributed by atoms with van der Waals surface area (Å²) in [5, 5.41) is 0. The van der Waals surface area contributed by atoms with Crippen molar-refractivity contribution in [3.8, 4) is 0 Å². The quantitative estimate of drug-likeness (QED) is 0.699. The lowest BCUT2D eigenvalue weighted by molar-refractivity contribution is -0.154. The Morgan fingerprint density at radius 1 is 1.17 bits per heavy atom. The Hall–Kier alpha value is -1.31.